The number of nitrogens with two attached hydrogens (primary N) is 1. The fourth-order valence-electron chi connectivity index (χ4n) is 2.50. The average Bonchev–Trinajstić information content (AvgIpc) is 2.39. The molecule has 1 aromatic rings. The molecule has 0 fully saturated rings. The second kappa shape index (κ2) is 8.76. The Labute approximate surface area is 127 Å². The number of aryl methyl sites for hydroxylation is 2. The van der Waals surface area contributed by atoms with Crippen molar-refractivity contribution in [1.29, 1.82) is 0 Å². The van der Waals surface area contributed by atoms with Gasteiger partial charge in [0.15, 0.2) is 0 Å². The Balaban J connectivity index is 2.39. The van der Waals surface area contributed by atoms with Crippen molar-refractivity contribution in [3.05, 3.63) is 33.3 Å². The number of unbranched alkanes of at least 4 members (excludes halogenated alkanes) is 5. The van der Waals surface area contributed by atoms with E-state index in [1.807, 2.05) is 0 Å². The van der Waals surface area contributed by atoms with E-state index in [1.165, 1.54) is 59.7 Å². The Bertz CT molecular complexity index is 364. The molecule has 0 aliphatic carbocycles. The highest BCUT2D eigenvalue weighted by molar-refractivity contribution is 9.10. The van der Waals surface area contributed by atoms with Crippen LogP contribution in [0.3, 0.4) is 0 Å². The molecule has 1 rings (SSSR count). The summed E-state index contributed by atoms with van der Waals surface area (Å²) in [5.41, 5.74) is 10.2. The molecule has 19 heavy (non-hydrogen) atoms. The Morgan fingerprint density at radius 1 is 1.00 bits per heavy atom. The molecule has 2 N–H and O–H groups in total. The van der Waals surface area contributed by atoms with Gasteiger partial charge in [0.1, 0.15) is 0 Å². The van der Waals surface area contributed by atoms with E-state index in [4.69, 9.17) is 5.73 Å². The highest BCUT2D eigenvalue weighted by atomic mass is 79.9. The second-order valence-corrected chi connectivity index (χ2v) is 6.42. The molecule has 0 saturated heterocycles. The fraction of sp³-hybridized carbons (Fsp3) is 0.647. The molecule has 1 aromatic carbocycles. The largest absolute Gasteiger partial charge is 0.324 e. The predicted molar refractivity (Wildman–Crippen MR) is 88.5 cm³/mol. The second-order valence-electron chi connectivity index (χ2n) is 5.63. The van der Waals surface area contributed by atoms with Crippen molar-refractivity contribution < 1.29 is 0 Å². The topological polar surface area (TPSA) is 26.0 Å². The lowest BCUT2D eigenvalue weighted by atomic mass is 9.97. The molecule has 0 spiro atoms. The minimum atomic E-state index is 0.191. The minimum Gasteiger partial charge on any atom is -0.324 e. The molecule has 108 valence electrons. The summed E-state index contributed by atoms with van der Waals surface area (Å²) in [6, 6.07) is 4.63. The van der Waals surface area contributed by atoms with Crippen LogP contribution in [0.4, 0.5) is 0 Å². The lowest BCUT2D eigenvalue weighted by Gasteiger charge is -2.15. The maximum Gasteiger partial charge on any atom is 0.0295 e. The zero-order valence-electron chi connectivity index (χ0n) is 12.6. The molecule has 0 amide bonds. The highest BCUT2D eigenvalue weighted by Gasteiger charge is 2.09. The van der Waals surface area contributed by atoms with Gasteiger partial charge in [0.2, 0.25) is 0 Å². The zero-order chi connectivity index (χ0) is 14.3. The normalized spacial score (nSPS) is 12.7. The molecule has 1 nitrogen and oxygen atoms in total. The summed E-state index contributed by atoms with van der Waals surface area (Å²) in [6.07, 6.45) is 9.10. The molecule has 0 heterocycles. The molecular weight excluding hydrogens is 298 g/mol. The van der Waals surface area contributed by atoms with Gasteiger partial charge in [0.25, 0.3) is 0 Å². The molecule has 0 radical (unpaired) electrons. The van der Waals surface area contributed by atoms with Gasteiger partial charge in [-0.25, -0.2) is 0 Å². The Kier molecular flexibility index (Phi) is 7.70. The van der Waals surface area contributed by atoms with E-state index in [9.17, 15) is 0 Å². The van der Waals surface area contributed by atoms with Crippen molar-refractivity contribution >= 4 is 15.9 Å². The fourth-order valence-corrected chi connectivity index (χ4v) is 2.73. The van der Waals surface area contributed by atoms with Crippen LogP contribution >= 0.6 is 15.9 Å². The molecule has 0 aromatic heterocycles. The van der Waals surface area contributed by atoms with Gasteiger partial charge in [0.05, 0.1) is 0 Å². The van der Waals surface area contributed by atoms with Crippen LogP contribution in [-0.2, 0) is 0 Å². The first-order valence-electron chi connectivity index (χ1n) is 7.58. The number of hydrogen-bond donors (Lipinski definition) is 1. The first-order chi connectivity index (χ1) is 9.06. The van der Waals surface area contributed by atoms with E-state index < -0.39 is 0 Å². The molecule has 1 unspecified atom stereocenters. The molecule has 0 aliphatic heterocycles. The molecule has 0 bridgehead atoms. The third-order valence-electron chi connectivity index (χ3n) is 3.76. The Morgan fingerprint density at radius 2 is 1.53 bits per heavy atom. The maximum absolute atomic E-state index is 6.31. The molecule has 0 aliphatic rings. The van der Waals surface area contributed by atoms with Gasteiger partial charge in [-0.2, -0.15) is 0 Å². The van der Waals surface area contributed by atoms with E-state index in [-0.39, 0.29) is 6.04 Å². The first kappa shape index (κ1) is 16.7. The van der Waals surface area contributed by atoms with Crippen LogP contribution in [-0.4, -0.2) is 0 Å². The van der Waals surface area contributed by atoms with E-state index in [2.05, 4.69) is 48.8 Å². The van der Waals surface area contributed by atoms with Crippen LogP contribution in [0.15, 0.2) is 16.6 Å². The van der Waals surface area contributed by atoms with Crippen molar-refractivity contribution in [2.45, 2.75) is 71.8 Å². The van der Waals surface area contributed by atoms with Gasteiger partial charge in [-0.3, -0.25) is 0 Å². The molecule has 0 saturated carbocycles. The van der Waals surface area contributed by atoms with Gasteiger partial charge >= 0.3 is 0 Å². The maximum atomic E-state index is 6.31. The monoisotopic (exact) mass is 325 g/mol. The Morgan fingerprint density at radius 3 is 2.11 bits per heavy atom. The lowest BCUT2D eigenvalue weighted by Crippen LogP contribution is -2.10. The van der Waals surface area contributed by atoms with Crippen LogP contribution < -0.4 is 5.73 Å². The van der Waals surface area contributed by atoms with E-state index in [1.54, 1.807) is 0 Å². The molecule has 2 heteroatoms. The first-order valence-corrected chi connectivity index (χ1v) is 8.37. The third kappa shape index (κ3) is 5.66. The van der Waals surface area contributed by atoms with Crippen molar-refractivity contribution in [1.82, 2.24) is 0 Å². The summed E-state index contributed by atoms with van der Waals surface area (Å²) in [7, 11) is 0. The van der Waals surface area contributed by atoms with Crippen LogP contribution in [0, 0.1) is 13.8 Å². The third-order valence-corrected chi connectivity index (χ3v) is 5.01. The summed E-state index contributed by atoms with van der Waals surface area (Å²) < 4.78 is 1.21. The van der Waals surface area contributed by atoms with E-state index in [0.717, 1.165) is 6.42 Å². The summed E-state index contributed by atoms with van der Waals surface area (Å²) in [6.45, 7) is 6.53. The van der Waals surface area contributed by atoms with Crippen LogP contribution in [0.2, 0.25) is 0 Å². The SMILES string of the molecule is CCCCCCCCC(N)c1cc(C)c(Br)c(C)c1. The smallest absolute Gasteiger partial charge is 0.0295 e. The predicted octanol–water partition coefficient (Wildman–Crippen LogP) is 5.82. The lowest BCUT2D eigenvalue weighted by molar-refractivity contribution is 0.547. The Hall–Kier alpha value is -0.340. The standard InChI is InChI=1S/C17H28BrN/c1-4-5-6-7-8-9-10-16(19)15-11-13(2)17(18)14(3)12-15/h11-12,16H,4-10,19H2,1-3H3. The summed E-state index contributed by atoms with van der Waals surface area (Å²) in [5, 5.41) is 0. The minimum absolute atomic E-state index is 0.191. The number of halogens is 1. The zero-order valence-corrected chi connectivity index (χ0v) is 14.2. The van der Waals surface area contributed by atoms with Crippen LogP contribution in [0.5, 0.6) is 0 Å². The summed E-state index contributed by atoms with van der Waals surface area (Å²) in [4.78, 5) is 0. The van der Waals surface area contributed by atoms with E-state index in [0.29, 0.717) is 0 Å². The number of rotatable bonds is 8. The van der Waals surface area contributed by atoms with Gasteiger partial charge in [-0.05, 0) is 37.0 Å². The van der Waals surface area contributed by atoms with Crippen molar-refractivity contribution in [2.24, 2.45) is 5.73 Å². The van der Waals surface area contributed by atoms with Gasteiger partial charge < -0.3 is 5.73 Å². The quantitative estimate of drug-likeness (QED) is 0.599. The highest BCUT2D eigenvalue weighted by Crippen LogP contribution is 2.26. The van der Waals surface area contributed by atoms with Crippen LogP contribution in [0.25, 0.3) is 0 Å². The average molecular weight is 326 g/mol. The summed E-state index contributed by atoms with van der Waals surface area (Å²) >= 11 is 3.61. The molecule has 1 atom stereocenters. The van der Waals surface area contributed by atoms with E-state index >= 15 is 0 Å². The van der Waals surface area contributed by atoms with Crippen LogP contribution in [0.1, 0.15) is 74.6 Å². The van der Waals surface area contributed by atoms with Gasteiger partial charge in [-0.15, -0.1) is 0 Å². The van der Waals surface area contributed by atoms with Gasteiger partial charge in [-0.1, -0.05) is 73.5 Å². The summed E-state index contributed by atoms with van der Waals surface area (Å²) in [5.74, 6) is 0. The molecular formula is C17H28BrN. The van der Waals surface area contributed by atoms with Crippen molar-refractivity contribution in [2.75, 3.05) is 0 Å². The number of hydrogen-bond acceptors (Lipinski definition) is 1. The van der Waals surface area contributed by atoms with Gasteiger partial charge in [0, 0.05) is 10.5 Å². The van der Waals surface area contributed by atoms with Crippen molar-refractivity contribution in [3.8, 4) is 0 Å². The number of benzene rings is 1. The van der Waals surface area contributed by atoms with Crippen molar-refractivity contribution in [3.63, 3.8) is 0 Å².